The van der Waals surface area contributed by atoms with Gasteiger partial charge in [-0.15, -0.1) is 21.5 Å². The lowest BCUT2D eigenvalue weighted by atomic mass is 10.2. The van der Waals surface area contributed by atoms with Crippen molar-refractivity contribution in [1.82, 2.24) is 10.2 Å². The number of aromatic nitrogens is 2. The summed E-state index contributed by atoms with van der Waals surface area (Å²) in [6.45, 7) is 3.91. The minimum Gasteiger partial charge on any atom is -0.465 e. The Kier molecular flexibility index (Phi) is 7.64. The maximum absolute atomic E-state index is 12.8. The molecule has 0 fully saturated rings. The fourth-order valence-electron chi connectivity index (χ4n) is 2.30. The number of carbonyl (C=O) groups excluding carboxylic acids is 2. The third kappa shape index (κ3) is 6.26. The van der Waals surface area contributed by atoms with Crippen LogP contribution in [-0.4, -0.2) is 42.9 Å². The van der Waals surface area contributed by atoms with Crippen molar-refractivity contribution in [2.45, 2.75) is 23.1 Å². The molecule has 0 radical (unpaired) electrons. The summed E-state index contributed by atoms with van der Waals surface area (Å²) in [5.41, 5.74) is 1.39. The highest BCUT2D eigenvalue weighted by Crippen LogP contribution is 2.28. The van der Waals surface area contributed by atoms with Gasteiger partial charge >= 0.3 is 5.97 Å². The summed E-state index contributed by atoms with van der Waals surface area (Å²) in [5.74, 6) is -0.908. The number of ether oxygens (including phenoxy) is 1. The minimum atomic E-state index is -3.96. The maximum atomic E-state index is 12.8. The van der Waals surface area contributed by atoms with Gasteiger partial charge in [-0.3, -0.25) is 19.6 Å². The van der Waals surface area contributed by atoms with Crippen LogP contribution in [0.4, 0.5) is 10.8 Å². The number of carbonyl (C=O) groups is 2. The average molecular weight is 499 g/mol. The fraction of sp³-hybridized carbons (Fsp3) is 0.222. The van der Waals surface area contributed by atoms with Crippen molar-refractivity contribution < 1.29 is 22.7 Å². The van der Waals surface area contributed by atoms with Crippen LogP contribution in [0.15, 0.2) is 44.9 Å². The number of benzene rings is 1. The van der Waals surface area contributed by atoms with E-state index in [1.807, 2.05) is 6.92 Å². The number of aryl methyl sites for hydroxylation is 1. The number of amides is 1. The lowest BCUT2D eigenvalue weighted by Gasteiger charge is -2.09. The molecule has 0 saturated heterocycles. The third-order valence-electron chi connectivity index (χ3n) is 3.67. The zero-order chi connectivity index (χ0) is 22.4. The first kappa shape index (κ1) is 23.2. The van der Waals surface area contributed by atoms with Crippen LogP contribution >= 0.6 is 34.4 Å². The Labute approximate surface area is 191 Å². The first-order chi connectivity index (χ1) is 14.8. The molecule has 0 aliphatic carbocycles. The standard InChI is InChI=1S/C18H18N4O5S4/c1-3-27-14(23)10-29-18-21-20-17(30-18)19-16(24)15-13(8-9-28-15)31(25,26)22-12-6-4-11(2)5-7-12/h4-9,22H,3,10H2,1-2H3,(H,19,20,24). The molecule has 31 heavy (non-hydrogen) atoms. The maximum Gasteiger partial charge on any atom is 0.316 e. The number of anilines is 2. The Morgan fingerprint density at radius 1 is 1.16 bits per heavy atom. The van der Waals surface area contributed by atoms with Crippen molar-refractivity contribution in [1.29, 1.82) is 0 Å². The van der Waals surface area contributed by atoms with Gasteiger partial charge in [-0.1, -0.05) is 40.8 Å². The Balaban J connectivity index is 1.68. The highest BCUT2D eigenvalue weighted by molar-refractivity contribution is 8.01. The second-order valence-electron chi connectivity index (χ2n) is 6.01. The number of rotatable bonds is 9. The van der Waals surface area contributed by atoms with Crippen molar-refractivity contribution in [3.8, 4) is 0 Å². The zero-order valence-electron chi connectivity index (χ0n) is 16.4. The number of nitrogens with zero attached hydrogens (tertiary/aromatic N) is 2. The lowest BCUT2D eigenvalue weighted by Crippen LogP contribution is -2.18. The second kappa shape index (κ2) is 10.2. The second-order valence-corrected chi connectivity index (χ2v) is 10.8. The molecule has 2 N–H and O–H groups in total. The fourth-order valence-corrected chi connectivity index (χ4v) is 6.23. The molecule has 0 aliphatic rings. The molecule has 1 aromatic carbocycles. The van der Waals surface area contributed by atoms with E-state index in [1.165, 1.54) is 11.4 Å². The smallest absolute Gasteiger partial charge is 0.316 e. The van der Waals surface area contributed by atoms with Gasteiger partial charge in [0.2, 0.25) is 5.13 Å². The predicted molar refractivity (Wildman–Crippen MR) is 122 cm³/mol. The Bertz CT molecular complexity index is 1170. The lowest BCUT2D eigenvalue weighted by molar-refractivity contribution is -0.139. The summed E-state index contributed by atoms with van der Waals surface area (Å²) >= 11 is 3.22. The molecular formula is C18H18N4O5S4. The molecule has 0 saturated carbocycles. The molecule has 2 heterocycles. The predicted octanol–water partition coefficient (Wildman–Crippen LogP) is 3.62. The van der Waals surface area contributed by atoms with Gasteiger partial charge in [-0.2, -0.15) is 0 Å². The van der Waals surface area contributed by atoms with Crippen molar-refractivity contribution in [3.63, 3.8) is 0 Å². The topological polar surface area (TPSA) is 127 Å². The van der Waals surface area contributed by atoms with Crippen LogP contribution in [0.3, 0.4) is 0 Å². The SMILES string of the molecule is CCOC(=O)CSc1nnc(NC(=O)c2sccc2S(=O)(=O)Nc2ccc(C)cc2)s1. The highest BCUT2D eigenvalue weighted by Gasteiger charge is 2.25. The molecule has 0 spiro atoms. The number of sulfonamides is 1. The first-order valence-corrected chi connectivity index (χ1v) is 13.0. The van der Waals surface area contributed by atoms with E-state index in [0.29, 0.717) is 16.6 Å². The summed E-state index contributed by atoms with van der Waals surface area (Å²) in [6, 6.07) is 8.24. The van der Waals surface area contributed by atoms with E-state index in [2.05, 4.69) is 20.2 Å². The molecule has 9 nitrogen and oxygen atoms in total. The average Bonchev–Trinajstić information content (AvgIpc) is 3.38. The molecule has 3 rings (SSSR count). The van der Waals surface area contributed by atoms with Crippen LogP contribution < -0.4 is 10.0 Å². The molecule has 13 heteroatoms. The Hall–Kier alpha value is -2.48. The number of nitrogens with one attached hydrogen (secondary N) is 2. The van der Waals surface area contributed by atoms with Crippen molar-refractivity contribution in [2.75, 3.05) is 22.4 Å². The number of hydrogen-bond donors (Lipinski definition) is 2. The minimum absolute atomic E-state index is 0.0236. The molecule has 0 unspecified atom stereocenters. The first-order valence-electron chi connectivity index (χ1n) is 8.88. The van der Waals surface area contributed by atoms with Crippen LogP contribution in [0.5, 0.6) is 0 Å². The van der Waals surface area contributed by atoms with E-state index in [4.69, 9.17) is 4.74 Å². The molecule has 0 aliphatic heterocycles. The Morgan fingerprint density at radius 3 is 2.61 bits per heavy atom. The monoisotopic (exact) mass is 498 g/mol. The van der Waals surface area contributed by atoms with Crippen molar-refractivity contribution in [2.24, 2.45) is 0 Å². The zero-order valence-corrected chi connectivity index (χ0v) is 19.7. The van der Waals surface area contributed by atoms with E-state index in [-0.39, 0.29) is 26.6 Å². The Morgan fingerprint density at radius 2 is 1.90 bits per heavy atom. The number of thiophene rings is 1. The summed E-state index contributed by atoms with van der Waals surface area (Å²) in [5, 5.41) is 12.0. The van der Waals surface area contributed by atoms with E-state index in [0.717, 1.165) is 40.0 Å². The van der Waals surface area contributed by atoms with E-state index in [1.54, 1.807) is 31.2 Å². The largest absolute Gasteiger partial charge is 0.465 e. The van der Waals surface area contributed by atoms with Crippen LogP contribution in [0.1, 0.15) is 22.2 Å². The summed E-state index contributed by atoms with van der Waals surface area (Å²) in [4.78, 5) is 24.0. The van der Waals surface area contributed by atoms with Gasteiger partial charge in [0.25, 0.3) is 15.9 Å². The van der Waals surface area contributed by atoms with Crippen LogP contribution in [-0.2, 0) is 19.6 Å². The molecule has 0 bridgehead atoms. The number of esters is 1. The summed E-state index contributed by atoms with van der Waals surface area (Å²) in [7, 11) is -3.96. The molecular weight excluding hydrogens is 480 g/mol. The van der Waals surface area contributed by atoms with E-state index < -0.39 is 15.9 Å². The van der Waals surface area contributed by atoms with Crippen molar-refractivity contribution in [3.05, 3.63) is 46.2 Å². The molecule has 2 aromatic heterocycles. The quantitative estimate of drug-likeness (QED) is 0.260. The highest BCUT2D eigenvalue weighted by atomic mass is 32.2. The van der Waals surface area contributed by atoms with Gasteiger partial charge in [-0.25, -0.2) is 8.42 Å². The van der Waals surface area contributed by atoms with Gasteiger partial charge in [0.15, 0.2) is 4.34 Å². The molecule has 164 valence electrons. The normalized spacial score (nSPS) is 11.2. The number of hydrogen-bond acceptors (Lipinski definition) is 10. The van der Waals surface area contributed by atoms with E-state index >= 15 is 0 Å². The summed E-state index contributed by atoms with van der Waals surface area (Å²) < 4.78 is 33.3. The van der Waals surface area contributed by atoms with Gasteiger partial charge < -0.3 is 4.74 Å². The van der Waals surface area contributed by atoms with Crippen LogP contribution in [0.25, 0.3) is 0 Å². The van der Waals surface area contributed by atoms with Gasteiger partial charge in [-0.05, 0) is 37.4 Å². The number of thioether (sulfide) groups is 1. The van der Waals surface area contributed by atoms with Crippen LogP contribution in [0, 0.1) is 6.92 Å². The van der Waals surface area contributed by atoms with Crippen LogP contribution in [0.2, 0.25) is 0 Å². The van der Waals surface area contributed by atoms with Crippen molar-refractivity contribution >= 4 is 67.2 Å². The van der Waals surface area contributed by atoms with Gasteiger partial charge in [0.05, 0.1) is 12.4 Å². The molecule has 3 aromatic rings. The third-order valence-corrected chi connectivity index (χ3v) is 8.09. The van der Waals surface area contributed by atoms with Gasteiger partial charge in [0.1, 0.15) is 9.77 Å². The van der Waals surface area contributed by atoms with E-state index in [9.17, 15) is 18.0 Å². The van der Waals surface area contributed by atoms with Gasteiger partial charge in [0, 0.05) is 5.69 Å². The molecule has 0 atom stereocenters. The molecule has 1 amide bonds. The summed E-state index contributed by atoms with van der Waals surface area (Å²) in [6.07, 6.45) is 0.